The summed E-state index contributed by atoms with van der Waals surface area (Å²) in [6, 6.07) is 7.56. The summed E-state index contributed by atoms with van der Waals surface area (Å²) in [6.07, 6.45) is 2.67. The average Bonchev–Trinajstić information content (AvgIpc) is 2.62. The van der Waals surface area contributed by atoms with Crippen molar-refractivity contribution in [2.75, 3.05) is 13.1 Å². The van der Waals surface area contributed by atoms with Gasteiger partial charge in [-0.2, -0.15) is 0 Å². The van der Waals surface area contributed by atoms with Crippen LogP contribution in [0.4, 0.5) is 0 Å². The van der Waals surface area contributed by atoms with Crippen LogP contribution in [0.5, 0.6) is 0 Å². The van der Waals surface area contributed by atoms with Gasteiger partial charge < -0.3 is 15.2 Å². The Morgan fingerprint density at radius 3 is 2.42 bits per heavy atom. The number of aryl methyl sites for hydroxylation is 1. The molecule has 3 rings (SSSR count). The van der Waals surface area contributed by atoms with E-state index < -0.39 is 11.5 Å². The van der Waals surface area contributed by atoms with E-state index in [-0.39, 0.29) is 17.5 Å². The van der Waals surface area contributed by atoms with Crippen molar-refractivity contribution < 1.29 is 9.59 Å². The monoisotopic (exact) mass is 354 g/mol. The molecule has 7 nitrogen and oxygen atoms in total. The molecule has 2 N–H and O–H groups in total. The maximum absolute atomic E-state index is 12.4. The first-order valence-corrected chi connectivity index (χ1v) is 8.67. The number of nitrogens with one attached hydrogen (secondary N) is 2. The summed E-state index contributed by atoms with van der Waals surface area (Å²) in [5.41, 5.74) is 1.43. The van der Waals surface area contributed by atoms with E-state index in [0.29, 0.717) is 31.8 Å². The van der Waals surface area contributed by atoms with E-state index >= 15 is 0 Å². The number of benzene rings is 1. The van der Waals surface area contributed by atoms with Crippen LogP contribution in [0.2, 0.25) is 0 Å². The SMILES string of the molecule is CC(=O)N1CCC(NC(=O)c2cnc(-c3ccc(C)cc3)[nH]c2=O)CC1. The van der Waals surface area contributed by atoms with Gasteiger partial charge in [0, 0.05) is 37.8 Å². The minimum atomic E-state index is -0.464. The number of piperidine rings is 1. The van der Waals surface area contributed by atoms with Gasteiger partial charge in [0.1, 0.15) is 11.4 Å². The van der Waals surface area contributed by atoms with Crippen molar-refractivity contribution in [2.45, 2.75) is 32.7 Å². The highest BCUT2D eigenvalue weighted by Crippen LogP contribution is 2.14. The summed E-state index contributed by atoms with van der Waals surface area (Å²) in [4.78, 5) is 44.7. The molecule has 136 valence electrons. The Labute approximate surface area is 151 Å². The molecule has 0 radical (unpaired) electrons. The largest absolute Gasteiger partial charge is 0.349 e. The van der Waals surface area contributed by atoms with Gasteiger partial charge >= 0.3 is 0 Å². The second kappa shape index (κ2) is 7.51. The summed E-state index contributed by atoms with van der Waals surface area (Å²) >= 11 is 0. The fourth-order valence-corrected chi connectivity index (χ4v) is 3.02. The highest BCUT2D eigenvalue weighted by atomic mass is 16.2. The molecule has 1 aromatic heterocycles. The van der Waals surface area contributed by atoms with Crippen LogP contribution in [0.1, 0.15) is 35.7 Å². The number of aromatic nitrogens is 2. The summed E-state index contributed by atoms with van der Waals surface area (Å²) in [7, 11) is 0. The molecule has 0 aliphatic carbocycles. The lowest BCUT2D eigenvalue weighted by molar-refractivity contribution is -0.129. The van der Waals surface area contributed by atoms with Crippen LogP contribution in [0.3, 0.4) is 0 Å². The van der Waals surface area contributed by atoms with Gasteiger partial charge in [0.15, 0.2) is 0 Å². The van der Waals surface area contributed by atoms with Crippen molar-refractivity contribution in [1.82, 2.24) is 20.2 Å². The Morgan fingerprint density at radius 1 is 1.19 bits per heavy atom. The Kier molecular flexibility index (Phi) is 5.16. The Balaban J connectivity index is 1.68. The van der Waals surface area contributed by atoms with Gasteiger partial charge in [0.25, 0.3) is 11.5 Å². The van der Waals surface area contributed by atoms with Crippen molar-refractivity contribution >= 4 is 11.8 Å². The van der Waals surface area contributed by atoms with E-state index in [1.807, 2.05) is 31.2 Å². The lowest BCUT2D eigenvalue weighted by atomic mass is 10.0. The summed E-state index contributed by atoms with van der Waals surface area (Å²) in [5.74, 6) is 0.0407. The maximum atomic E-state index is 12.4. The van der Waals surface area contributed by atoms with Gasteiger partial charge in [-0.15, -0.1) is 0 Å². The molecule has 1 fully saturated rings. The third-order valence-corrected chi connectivity index (χ3v) is 4.64. The van der Waals surface area contributed by atoms with E-state index in [9.17, 15) is 14.4 Å². The standard InChI is InChI=1S/C19H22N4O3/c1-12-3-5-14(6-4-12)17-20-11-16(19(26)22-17)18(25)21-15-7-9-23(10-8-15)13(2)24/h3-6,11,15H,7-10H2,1-2H3,(H,21,25)(H,20,22,26). The van der Waals surface area contributed by atoms with Crippen molar-refractivity contribution in [1.29, 1.82) is 0 Å². The van der Waals surface area contributed by atoms with E-state index in [0.717, 1.165) is 11.1 Å². The minimum Gasteiger partial charge on any atom is -0.349 e. The molecule has 2 amide bonds. The third kappa shape index (κ3) is 3.99. The zero-order valence-corrected chi connectivity index (χ0v) is 14.9. The van der Waals surface area contributed by atoms with E-state index in [4.69, 9.17) is 0 Å². The lowest BCUT2D eigenvalue weighted by Gasteiger charge is -2.31. The van der Waals surface area contributed by atoms with Crippen LogP contribution in [-0.2, 0) is 4.79 Å². The quantitative estimate of drug-likeness (QED) is 0.873. The van der Waals surface area contributed by atoms with E-state index in [1.54, 1.807) is 11.8 Å². The highest BCUT2D eigenvalue weighted by molar-refractivity contribution is 5.93. The van der Waals surface area contributed by atoms with Crippen molar-refractivity contribution in [2.24, 2.45) is 0 Å². The molecule has 26 heavy (non-hydrogen) atoms. The normalized spacial score (nSPS) is 14.9. The predicted octanol–water partition coefficient (Wildman–Crippen LogP) is 1.49. The predicted molar refractivity (Wildman–Crippen MR) is 97.8 cm³/mol. The number of nitrogens with zero attached hydrogens (tertiary/aromatic N) is 2. The number of carbonyl (C=O) groups is 2. The molecule has 7 heteroatoms. The van der Waals surface area contributed by atoms with Crippen LogP contribution < -0.4 is 10.9 Å². The smallest absolute Gasteiger partial charge is 0.264 e. The summed E-state index contributed by atoms with van der Waals surface area (Å²) < 4.78 is 0. The van der Waals surface area contributed by atoms with Crippen LogP contribution in [-0.4, -0.2) is 45.8 Å². The zero-order chi connectivity index (χ0) is 18.7. The maximum Gasteiger partial charge on any atom is 0.264 e. The van der Waals surface area contributed by atoms with Gasteiger partial charge in [-0.05, 0) is 19.8 Å². The first-order chi connectivity index (χ1) is 12.4. The zero-order valence-electron chi connectivity index (χ0n) is 14.9. The molecule has 0 bridgehead atoms. The molecule has 2 heterocycles. The Bertz CT molecular complexity index is 865. The first-order valence-electron chi connectivity index (χ1n) is 8.67. The first kappa shape index (κ1) is 17.8. The second-order valence-corrected chi connectivity index (χ2v) is 6.59. The average molecular weight is 354 g/mol. The molecule has 1 aromatic carbocycles. The number of carbonyl (C=O) groups excluding carboxylic acids is 2. The molecule has 2 aromatic rings. The van der Waals surface area contributed by atoms with Gasteiger partial charge in [0.05, 0.1) is 0 Å². The molecule has 1 saturated heterocycles. The molecule has 0 atom stereocenters. The van der Waals surface area contributed by atoms with Crippen LogP contribution in [0, 0.1) is 6.92 Å². The number of hydrogen-bond donors (Lipinski definition) is 2. The van der Waals surface area contributed by atoms with Gasteiger partial charge in [-0.25, -0.2) is 4.98 Å². The fraction of sp³-hybridized carbons (Fsp3) is 0.368. The number of likely N-dealkylation sites (tertiary alicyclic amines) is 1. The topological polar surface area (TPSA) is 95.2 Å². The molecule has 1 aliphatic heterocycles. The van der Waals surface area contributed by atoms with Crippen LogP contribution in [0.25, 0.3) is 11.4 Å². The van der Waals surface area contributed by atoms with E-state index in [2.05, 4.69) is 15.3 Å². The molecule has 1 aliphatic rings. The lowest BCUT2D eigenvalue weighted by Crippen LogP contribution is -2.46. The second-order valence-electron chi connectivity index (χ2n) is 6.59. The Hall–Kier alpha value is -2.96. The number of rotatable bonds is 3. The van der Waals surface area contributed by atoms with E-state index in [1.165, 1.54) is 6.20 Å². The van der Waals surface area contributed by atoms with Gasteiger partial charge in [-0.3, -0.25) is 14.4 Å². The number of aromatic amines is 1. The molecule has 0 saturated carbocycles. The van der Waals surface area contributed by atoms with Crippen molar-refractivity contribution in [3.05, 3.63) is 51.9 Å². The van der Waals surface area contributed by atoms with Crippen molar-refractivity contribution in [3.63, 3.8) is 0 Å². The Morgan fingerprint density at radius 2 is 1.85 bits per heavy atom. The molecule has 0 spiro atoms. The summed E-state index contributed by atoms with van der Waals surface area (Å²) in [6.45, 7) is 4.75. The van der Waals surface area contributed by atoms with Crippen molar-refractivity contribution in [3.8, 4) is 11.4 Å². The number of H-pyrrole nitrogens is 1. The third-order valence-electron chi connectivity index (χ3n) is 4.64. The van der Waals surface area contributed by atoms with Gasteiger partial charge in [0.2, 0.25) is 5.91 Å². The molecular weight excluding hydrogens is 332 g/mol. The molecular formula is C19H22N4O3. The summed E-state index contributed by atoms with van der Waals surface area (Å²) in [5, 5.41) is 2.87. The van der Waals surface area contributed by atoms with Crippen LogP contribution in [0.15, 0.2) is 35.3 Å². The highest BCUT2D eigenvalue weighted by Gasteiger charge is 2.23. The number of hydrogen-bond acceptors (Lipinski definition) is 4. The minimum absolute atomic E-state index is 0.00476. The fourth-order valence-electron chi connectivity index (χ4n) is 3.02. The van der Waals surface area contributed by atoms with Crippen LogP contribution >= 0.6 is 0 Å². The molecule has 0 unspecified atom stereocenters. The van der Waals surface area contributed by atoms with Gasteiger partial charge in [-0.1, -0.05) is 29.8 Å². The number of amides is 2.